The molecule has 3 rings (SSSR count). The highest BCUT2D eigenvalue weighted by molar-refractivity contribution is 7.99. The third-order valence-corrected chi connectivity index (χ3v) is 5.82. The summed E-state index contributed by atoms with van der Waals surface area (Å²) in [6.07, 6.45) is 5.35. The lowest BCUT2D eigenvalue weighted by Gasteiger charge is -2.37. The first-order valence-corrected chi connectivity index (χ1v) is 9.11. The molecule has 4 heteroatoms. The van der Waals surface area contributed by atoms with Gasteiger partial charge in [0.1, 0.15) is 5.82 Å². The summed E-state index contributed by atoms with van der Waals surface area (Å²) in [4.78, 5) is 3.81. The fraction of sp³-hybridized carbons (Fsp3) is 0.647. The van der Waals surface area contributed by atoms with E-state index in [1.807, 2.05) is 23.9 Å². The van der Waals surface area contributed by atoms with E-state index < -0.39 is 0 Å². The highest BCUT2D eigenvalue weighted by Crippen LogP contribution is 2.30. The molecule has 2 atom stereocenters. The number of hydrogen-bond donors (Lipinski definition) is 1. The van der Waals surface area contributed by atoms with Crippen LogP contribution in [0.4, 0.5) is 4.39 Å². The van der Waals surface area contributed by atoms with Gasteiger partial charge in [0.15, 0.2) is 0 Å². The molecule has 2 bridgehead atoms. The molecule has 0 amide bonds. The number of rotatable bonds is 6. The van der Waals surface area contributed by atoms with Gasteiger partial charge in [-0.3, -0.25) is 4.90 Å². The Morgan fingerprint density at radius 2 is 1.86 bits per heavy atom. The van der Waals surface area contributed by atoms with Gasteiger partial charge in [0.05, 0.1) is 0 Å². The van der Waals surface area contributed by atoms with Crippen LogP contribution in [0.2, 0.25) is 0 Å². The Morgan fingerprint density at radius 1 is 1.19 bits per heavy atom. The van der Waals surface area contributed by atoms with Gasteiger partial charge in [-0.05, 0) is 56.5 Å². The van der Waals surface area contributed by atoms with Crippen molar-refractivity contribution in [1.29, 1.82) is 0 Å². The molecule has 2 unspecified atom stereocenters. The van der Waals surface area contributed by atoms with E-state index in [0.717, 1.165) is 41.9 Å². The van der Waals surface area contributed by atoms with E-state index in [1.165, 1.54) is 25.7 Å². The molecule has 0 saturated carbocycles. The second-order valence-electron chi connectivity index (χ2n) is 6.19. The van der Waals surface area contributed by atoms with Crippen LogP contribution in [0.25, 0.3) is 0 Å². The zero-order valence-corrected chi connectivity index (χ0v) is 13.5. The van der Waals surface area contributed by atoms with Gasteiger partial charge in [-0.25, -0.2) is 4.39 Å². The van der Waals surface area contributed by atoms with Gasteiger partial charge in [-0.1, -0.05) is 6.92 Å². The average molecular weight is 308 g/mol. The SMILES string of the molecule is CCN(CCSc1ccc(F)cc1)C1CC2CCC(C1)N2. The molecule has 1 N–H and O–H groups in total. The second kappa shape index (κ2) is 7.12. The summed E-state index contributed by atoms with van der Waals surface area (Å²) >= 11 is 1.83. The minimum atomic E-state index is -0.153. The summed E-state index contributed by atoms with van der Waals surface area (Å²) in [6, 6.07) is 9.11. The number of piperidine rings is 1. The van der Waals surface area contributed by atoms with Gasteiger partial charge >= 0.3 is 0 Å². The average Bonchev–Trinajstić information content (AvgIpc) is 2.84. The van der Waals surface area contributed by atoms with Crippen molar-refractivity contribution in [2.24, 2.45) is 0 Å². The minimum Gasteiger partial charge on any atom is -0.311 e. The highest BCUT2D eigenvalue weighted by atomic mass is 32.2. The predicted octanol–water partition coefficient (Wildman–Crippen LogP) is 3.52. The van der Waals surface area contributed by atoms with Crippen molar-refractivity contribution in [2.75, 3.05) is 18.8 Å². The molecule has 2 fully saturated rings. The van der Waals surface area contributed by atoms with Crippen LogP contribution in [0.3, 0.4) is 0 Å². The van der Waals surface area contributed by atoms with Crippen LogP contribution in [0.1, 0.15) is 32.6 Å². The number of nitrogens with one attached hydrogen (secondary N) is 1. The van der Waals surface area contributed by atoms with Crippen LogP contribution in [0, 0.1) is 5.82 Å². The Morgan fingerprint density at radius 3 is 2.48 bits per heavy atom. The first kappa shape index (κ1) is 15.3. The lowest BCUT2D eigenvalue weighted by Crippen LogP contribution is -2.48. The Hall–Kier alpha value is -0.580. The topological polar surface area (TPSA) is 15.3 Å². The van der Waals surface area contributed by atoms with Crippen LogP contribution in [-0.4, -0.2) is 41.9 Å². The van der Waals surface area contributed by atoms with Crippen molar-refractivity contribution < 1.29 is 4.39 Å². The minimum absolute atomic E-state index is 0.153. The van der Waals surface area contributed by atoms with Crippen molar-refractivity contribution in [3.8, 4) is 0 Å². The summed E-state index contributed by atoms with van der Waals surface area (Å²) in [5.74, 6) is 0.929. The van der Waals surface area contributed by atoms with Gasteiger partial charge < -0.3 is 5.32 Å². The largest absolute Gasteiger partial charge is 0.311 e. The number of thioether (sulfide) groups is 1. The molecular weight excluding hydrogens is 283 g/mol. The maximum atomic E-state index is 12.9. The predicted molar refractivity (Wildman–Crippen MR) is 87.3 cm³/mol. The summed E-state index contributed by atoms with van der Waals surface area (Å²) in [5, 5.41) is 3.72. The molecule has 0 aromatic heterocycles. The molecule has 2 heterocycles. The number of nitrogens with zero attached hydrogens (tertiary/aromatic N) is 1. The molecule has 0 aliphatic carbocycles. The van der Waals surface area contributed by atoms with Crippen LogP contribution in [0.15, 0.2) is 29.2 Å². The lowest BCUT2D eigenvalue weighted by molar-refractivity contribution is 0.156. The molecule has 1 aromatic rings. The van der Waals surface area contributed by atoms with Crippen molar-refractivity contribution in [1.82, 2.24) is 10.2 Å². The van der Waals surface area contributed by atoms with E-state index in [0.29, 0.717) is 0 Å². The molecule has 2 aliphatic rings. The number of fused-ring (bicyclic) bond motifs is 2. The van der Waals surface area contributed by atoms with Crippen LogP contribution in [0.5, 0.6) is 0 Å². The van der Waals surface area contributed by atoms with Crippen LogP contribution in [-0.2, 0) is 0 Å². The summed E-state index contributed by atoms with van der Waals surface area (Å²) in [6.45, 7) is 4.53. The number of halogens is 1. The van der Waals surface area contributed by atoms with Crippen molar-refractivity contribution >= 4 is 11.8 Å². The fourth-order valence-corrected chi connectivity index (χ4v) is 4.63. The van der Waals surface area contributed by atoms with Gasteiger partial charge in [0.25, 0.3) is 0 Å². The molecule has 21 heavy (non-hydrogen) atoms. The zero-order valence-electron chi connectivity index (χ0n) is 12.7. The van der Waals surface area contributed by atoms with E-state index in [2.05, 4.69) is 17.1 Å². The van der Waals surface area contributed by atoms with E-state index >= 15 is 0 Å². The standard InChI is InChI=1S/C17H25FN2S/c1-2-20(16-11-14-5-6-15(12-16)19-14)9-10-21-17-7-3-13(18)4-8-17/h3-4,7-8,14-16,19H,2,5-6,9-12H2,1H3. The normalized spacial score (nSPS) is 28.2. The fourth-order valence-electron chi connectivity index (χ4n) is 3.74. The monoisotopic (exact) mass is 308 g/mol. The van der Waals surface area contributed by atoms with E-state index in [4.69, 9.17) is 0 Å². The Labute approximate surface area is 131 Å². The molecular formula is C17H25FN2S. The van der Waals surface area contributed by atoms with Crippen molar-refractivity contribution in [2.45, 2.75) is 55.6 Å². The Bertz CT molecular complexity index is 439. The van der Waals surface area contributed by atoms with E-state index in [-0.39, 0.29) is 5.82 Å². The first-order chi connectivity index (χ1) is 10.2. The molecule has 2 saturated heterocycles. The summed E-state index contributed by atoms with van der Waals surface area (Å²) in [5.41, 5.74) is 0. The summed E-state index contributed by atoms with van der Waals surface area (Å²) in [7, 11) is 0. The third-order valence-electron chi connectivity index (χ3n) is 4.83. The van der Waals surface area contributed by atoms with Crippen LogP contribution < -0.4 is 5.32 Å². The molecule has 2 nitrogen and oxygen atoms in total. The van der Waals surface area contributed by atoms with Gasteiger partial charge in [0, 0.05) is 35.3 Å². The number of benzene rings is 1. The van der Waals surface area contributed by atoms with E-state index in [1.54, 1.807) is 12.1 Å². The van der Waals surface area contributed by atoms with Crippen molar-refractivity contribution in [3.05, 3.63) is 30.1 Å². The summed E-state index contributed by atoms with van der Waals surface area (Å²) < 4.78 is 12.9. The zero-order chi connectivity index (χ0) is 14.7. The van der Waals surface area contributed by atoms with Gasteiger partial charge in [-0.15, -0.1) is 11.8 Å². The maximum absolute atomic E-state index is 12.9. The Balaban J connectivity index is 1.47. The molecule has 0 radical (unpaired) electrons. The highest BCUT2D eigenvalue weighted by Gasteiger charge is 2.35. The molecule has 1 aromatic carbocycles. The van der Waals surface area contributed by atoms with Gasteiger partial charge in [-0.2, -0.15) is 0 Å². The Kier molecular flexibility index (Phi) is 5.19. The number of hydrogen-bond acceptors (Lipinski definition) is 3. The molecule has 116 valence electrons. The first-order valence-electron chi connectivity index (χ1n) is 8.13. The molecule has 0 spiro atoms. The smallest absolute Gasteiger partial charge is 0.123 e. The maximum Gasteiger partial charge on any atom is 0.123 e. The second-order valence-corrected chi connectivity index (χ2v) is 7.36. The van der Waals surface area contributed by atoms with E-state index in [9.17, 15) is 4.39 Å². The van der Waals surface area contributed by atoms with Gasteiger partial charge in [0.2, 0.25) is 0 Å². The molecule has 2 aliphatic heterocycles. The van der Waals surface area contributed by atoms with Crippen molar-refractivity contribution in [3.63, 3.8) is 0 Å². The quantitative estimate of drug-likeness (QED) is 0.810. The third kappa shape index (κ3) is 3.99. The lowest BCUT2D eigenvalue weighted by atomic mass is 9.98. The van der Waals surface area contributed by atoms with Crippen LogP contribution >= 0.6 is 11.8 Å².